The molecule has 2 amide bonds. The molecule has 3 N–H and O–H groups in total. The molecule has 94 valence electrons. The van der Waals surface area contributed by atoms with Crippen molar-refractivity contribution in [3.05, 3.63) is 29.3 Å². The van der Waals surface area contributed by atoms with Crippen LogP contribution in [0.15, 0.2) is 18.2 Å². The van der Waals surface area contributed by atoms with E-state index in [2.05, 4.69) is 16.2 Å². The summed E-state index contributed by atoms with van der Waals surface area (Å²) in [6.45, 7) is 0. The van der Waals surface area contributed by atoms with Crippen LogP contribution >= 0.6 is 0 Å². The summed E-state index contributed by atoms with van der Waals surface area (Å²) in [5, 5.41) is 2.80. The lowest BCUT2D eigenvalue weighted by Gasteiger charge is -2.16. The zero-order chi connectivity index (χ0) is 12.8. The molecule has 0 unspecified atom stereocenters. The minimum atomic E-state index is -0.399. The van der Waals surface area contributed by atoms with Crippen LogP contribution < -0.4 is 16.2 Å². The minimum absolute atomic E-state index is 0.00207. The van der Waals surface area contributed by atoms with Gasteiger partial charge in [0.1, 0.15) is 0 Å². The average molecular weight is 245 g/mol. The fraction of sp³-hybridized carbons (Fsp3) is 0.385. The molecule has 1 aliphatic heterocycles. The first-order valence-electron chi connectivity index (χ1n) is 6.06. The van der Waals surface area contributed by atoms with Crippen molar-refractivity contribution >= 4 is 17.5 Å². The second-order valence-electron chi connectivity index (χ2n) is 4.88. The summed E-state index contributed by atoms with van der Waals surface area (Å²) >= 11 is 0. The van der Waals surface area contributed by atoms with Crippen molar-refractivity contribution < 1.29 is 9.59 Å². The monoisotopic (exact) mass is 245 g/mol. The number of benzene rings is 1. The summed E-state index contributed by atoms with van der Waals surface area (Å²) in [6.07, 6.45) is 2.13. The Bertz CT molecular complexity index is 535. The van der Waals surface area contributed by atoms with E-state index in [4.69, 9.17) is 0 Å². The molecule has 3 rings (SSSR count). The van der Waals surface area contributed by atoms with Gasteiger partial charge in [-0.2, -0.15) is 0 Å². The Morgan fingerprint density at radius 2 is 2.17 bits per heavy atom. The normalized spacial score (nSPS) is 19.1. The maximum atomic E-state index is 12.0. The largest absolute Gasteiger partial charge is 0.326 e. The van der Waals surface area contributed by atoms with Gasteiger partial charge >= 0.3 is 0 Å². The molecule has 1 aromatic carbocycles. The SMILES string of the molecule is CNNC(=O)C1(c2ccc3c(c2)CC(=O)N3)CC1. The number of carbonyl (C=O) groups is 2. The average Bonchev–Trinajstić information content (AvgIpc) is 3.06. The van der Waals surface area contributed by atoms with Gasteiger partial charge in [-0.25, -0.2) is 5.43 Å². The van der Waals surface area contributed by atoms with E-state index < -0.39 is 5.41 Å². The Labute approximate surface area is 105 Å². The smallest absolute Gasteiger partial charge is 0.244 e. The van der Waals surface area contributed by atoms with Gasteiger partial charge in [0.2, 0.25) is 11.8 Å². The number of nitrogens with one attached hydrogen (secondary N) is 3. The molecule has 0 radical (unpaired) electrons. The summed E-state index contributed by atoms with van der Waals surface area (Å²) in [7, 11) is 1.68. The van der Waals surface area contributed by atoms with Crippen LogP contribution in [0.25, 0.3) is 0 Å². The lowest BCUT2D eigenvalue weighted by atomic mass is 9.93. The standard InChI is InChI=1S/C13H15N3O2/c1-14-16-12(18)13(4-5-13)9-2-3-10-8(6-9)7-11(17)15-10/h2-3,6,14H,4-5,7H2,1H3,(H,15,17)(H,16,18). The first-order valence-corrected chi connectivity index (χ1v) is 6.06. The van der Waals surface area contributed by atoms with Crippen LogP contribution in [0.5, 0.6) is 0 Å². The van der Waals surface area contributed by atoms with Crippen molar-refractivity contribution in [2.24, 2.45) is 0 Å². The quantitative estimate of drug-likeness (QED) is 0.678. The summed E-state index contributed by atoms with van der Waals surface area (Å²) in [5.74, 6) is 0.0221. The van der Waals surface area contributed by atoms with Crippen molar-refractivity contribution in [2.75, 3.05) is 12.4 Å². The van der Waals surface area contributed by atoms with Crippen molar-refractivity contribution in [1.29, 1.82) is 0 Å². The Kier molecular flexibility index (Phi) is 2.38. The molecule has 0 aromatic heterocycles. The van der Waals surface area contributed by atoms with Gasteiger partial charge in [0.05, 0.1) is 11.8 Å². The zero-order valence-corrected chi connectivity index (χ0v) is 10.2. The highest BCUT2D eigenvalue weighted by atomic mass is 16.2. The van der Waals surface area contributed by atoms with Crippen LogP contribution in [0.3, 0.4) is 0 Å². The summed E-state index contributed by atoms with van der Waals surface area (Å²) in [6, 6.07) is 5.81. The van der Waals surface area contributed by atoms with Crippen molar-refractivity contribution in [1.82, 2.24) is 10.9 Å². The van der Waals surface area contributed by atoms with E-state index in [9.17, 15) is 9.59 Å². The van der Waals surface area contributed by atoms with E-state index in [1.165, 1.54) is 0 Å². The molecule has 0 bridgehead atoms. The molecule has 2 aliphatic rings. The van der Waals surface area contributed by atoms with Crippen LogP contribution in [0, 0.1) is 0 Å². The molecule has 5 nitrogen and oxygen atoms in total. The van der Waals surface area contributed by atoms with Crippen LogP contribution in [0.4, 0.5) is 5.69 Å². The van der Waals surface area contributed by atoms with E-state index in [-0.39, 0.29) is 11.8 Å². The fourth-order valence-electron chi connectivity index (χ4n) is 2.53. The third-order valence-electron chi connectivity index (χ3n) is 3.71. The summed E-state index contributed by atoms with van der Waals surface area (Å²) in [4.78, 5) is 23.3. The molecule has 1 aromatic rings. The lowest BCUT2D eigenvalue weighted by Crippen LogP contribution is -2.41. The number of carbonyl (C=O) groups excluding carboxylic acids is 2. The highest BCUT2D eigenvalue weighted by Gasteiger charge is 2.51. The number of rotatable bonds is 3. The molecule has 0 saturated heterocycles. The summed E-state index contributed by atoms with van der Waals surface area (Å²) < 4.78 is 0. The van der Waals surface area contributed by atoms with E-state index in [0.29, 0.717) is 6.42 Å². The van der Waals surface area contributed by atoms with Gasteiger partial charge < -0.3 is 5.32 Å². The van der Waals surface area contributed by atoms with Crippen molar-refractivity contribution in [2.45, 2.75) is 24.7 Å². The van der Waals surface area contributed by atoms with Gasteiger partial charge in [-0.15, -0.1) is 0 Å². The fourth-order valence-corrected chi connectivity index (χ4v) is 2.53. The highest BCUT2D eigenvalue weighted by molar-refractivity contribution is 5.99. The first-order chi connectivity index (χ1) is 8.65. The molecule has 18 heavy (non-hydrogen) atoms. The Balaban J connectivity index is 1.92. The molecule has 1 fully saturated rings. The number of anilines is 1. The Hall–Kier alpha value is -1.88. The predicted octanol–water partition coefficient (Wildman–Crippen LogP) is 0.463. The van der Waals surface area contributed by atoms with Crippen LogP contribution in [-0.4, -0.2) is 18.9 Å². The van der Waals surface area contributed by atoms with Crippen LogP contribution in [0.1, 0.15) is 24.0 Å². The molecular weight excluding hydrogens is 230 g/mol. The van der Waals surface area contributed by atoms with Gasteiger partial charge in [0.15, 0.2) is 0 Å². The summed E-state index contributed by atoms with van der Waals surface area (Å²) in [5.41, 5.74) is 7.79. The van der Waals surface area contributed by atoms with Gasteiger partial charge in [0.25, 0.3) is 0 Å². The third-order valence-corrected chi connectivity index (χ3v) is 3.71. The molecule has 0 spiro atoms. The molecule has 5 heteroatoms. The topological polar surface area (TPSA) is 70.2 Å². The zero-order valence-electron chi connectivity index (χ0n) is 10.2. The van der Waals surface area contributed by atoms with Crippen molar-refractivity contribution in [3.63, 3.8) is 0 Å². The van der Waals surface area contributed by atoms with Crippen LogP contribution in [0.2, 0.25) is 0 Å². The van der Waals surface area contributed by atoms with E-state index in [1.807, 2.05) is 18.2 Å². The number of hydrogen-bond donors (Lipinski definition) is 3. The molecule has 1 aliphatic carbocycles. The second kappa shape index (κ2) is 3.81. The van der Waals surface area contributed by atoms with Crippen molar-refractivity contribution in [3.8, 4) is 0 Å². The highest BCUT2D eigenvalue weighted by Crippen LogP contribution is 2.49. The molecular formula is C13H15N3O2. The van der Waals surface area contributed by atoms with E-state index in [1.54, 1.807) is 7.05 Å². The van der Waals surface area contributed by atoms with Gasteiger partial charge in [-0.3, -0.25) is 15.0 Å². The lowest BCUT2D eigenvalue weighted by molar-refractivity contribution is -0.124. The molecule has 1 heterocycles. The van der Waals surface area contributed by atoms with Crippen LogP contribution in [-0.2, 0) is 21.4 Å². The van der Waals surface area contributed by atoms with E-state index >= 15 is 0 Å². The minimum Gasteiger partial charge on any atom is -0.326 e. The first kappa shape index (κ1) is 11.2. The number of hydrazine groups is 1. The number of amides is 2. The predicted molar refractivity (Wildman–Crippen MR) is 66.9 cm³/mol. The van der Waals surface area contributed by atoms with Gasteiger partial charge in [-0.05, 0) is 30.0 Å². The van der Waals surface area contributed by atoms with Gasteiger partial charge in [-0.1, -0.05) is 12.1 Å². The maximum absolute atomic E-state index is 12.0. The molecule has 0 atom stereocenters. The number of fused-ring (bicyclic) bond motifs is 1. The van der Waals surface area contributed by atoms with E-state index in [0.717, 1.165) is 29.7 Å². The Morgan fingerprint density at radius 1 is 1.39 bits per heavy atom. The number of hydrogen-bond acceptors (Lipinski definition) is 3. The second-order valence-corrected chi connectivity index (χ2v) is 4.88. The Morgan fingerprint density at radius 3 is 2.83 bits per heavy atom. The molecule has 1 saturated carbocycles. The van der Waals surface area contributed by atoms with Gasteiger partial charge in [0, 0.05) is 12.7 Å². The maximum Gasteiger partial charge on any atom is 0.244 e. The third kappa shape index (κ3) is 1.59.